The average Bonchev–Trinajstić information content (AvgIpc) is 2.71. The van der Waals surface area contributed by atoms with Crippen molar-refractivity contribution in [1.29, 1.82) is 0 Å². The van der Waals surface area contributed by atoms with Crippen LogP contribution >= 0.6 is 11.6 Å². The third-order valence-corrected chi connectivity index (χ3v) is 2.99. The number of rotatable bonds is 3. The zero-order valence-electron chi connectivity index (χ0n) is 9.36. The normalized spacial score (nSPS) is 19.2. The highest BCUT2D eigenvalue weighted by Gasteiger charge is 2.22. The Bertz CT molecular complexity index is 500. The highest BCUT2D eigenvalue weighted by atomic mass is 35.5. The molecule has 0 bridgehead atoms. The number of aryl methyl sites for hydroxylation is 1. The number of nitrogens with one attached hydrogen (secondary N) is 2. The fourth-order valence-corrected chi connectivity index (χ4v) is 1.92. The second-order valence-electron chi connectivity index (χ2n) is 3.84. The molecule has 1 unspecified atom stereocenters. The van der Waals surface area contributed by atoms with Crippen molar-refractivity contribution in [2.75, 3.05) is 11.9 Å². The molecule has 92 valence electrons. The van der Waals surface area contributed by atoms with E-state index in [2.05, 4.69) is 15.7 Å². The lowest BCUT2D eigenvalue weighted by Gasteiger charge is -2.13. The Morgan fingerprint density at radius 3 is 3.00 bits per heavy atom. The summed E-state index contributed by atoms with van der Waals surface area (Å²) in [7, 11) is 0. The maximum atomic E-state index is 11.7. The highest BCUT2D eigenvalue weighted by molar-refractivity contribution is 6.32. The Labute approximate surface area is 103 Å². The Morgan fingerprint density at radius 2 is 2.41 bits per heavy atom. The predicted molar refractivity (Wildman–Crippen MR) is 64.2 cm³/mol. The van der Waals surface area contributed by atoms with Gasteiger partial charge < -0.3 is 10.6 Å². The second kappa shape index (κ2) is 4.75. The molecule has 0 radical (unpaired) electrons. The van der Waals surface area contributed by atoms with Crippen LogP contribution in [0.15, 0.2) is 11.0 Å². The number of aromatic nitrogens is 2. The predicted octanol–water partition coefficient (Wildman–Crippen LogP) is 0.217. The largest absolute Gasteiger partial charge is 0.377 e. The zero-order valence-corrected chi connectivity index (χ0v) is 10.1. The number of halogens is 1. The molecular formula is C10H13ClN4O2. The van der Waals surface area contributed by atoms with Crippen molar-refractivity contribution in [2.24, 2.45) is 0 Å². The van der Waals surface area contributed by atoms with E-state index in [9.17, 15) is 9.59 Å². The van der Waals surface area contributed by atoms with Crippen molar-refractivity contribution in [3.8, 4) is 0 Å². The summed E-state index contributed by atoms with van der Waals surface area (Å²) in [5, 5.41) is 9.82. The third-order valence-electron chi connectivity index (χ3n) is 2.62. The summed E-state index contributed by atoms with van der Waals surface area (Å²) in [6.07, 6.45) is 1.89. The van der Waals surface area contributed by atoms with Crippen LogP contribution in [0.3, 0.4) is 0 Å². The summed E-state index contributed by atoms with van der Waals surface area (Å²) in [6.45, 7) is 2.83. The monoisotopic (exact) mass is 256 g/mol. The lowest BCUT2D eigenvalue weighted by atomic mass is 10.2. The molecule has 1 aliphatic rings. The van der Waals surface area contributed by atoms with Gasteiger partial charge in [0.25, 0.3) is 5.56 Å². The maximum absolute atomic E-state index is 11.7. The van der Waals surface area contributed by atoms with Gasteiger partial charge in [0.15, 0.2) is 0 Å². The van der Waals surface area contributed by atoms with Crippen LogP contribution in [0, 0.1) is 0 Å². The highest BCUT2D eigenvalue weighted by Crippen LogP contribution is 2.18. The van der Waals surface area contributed by atoms with Gasteiger partial charge in [0.1, 0.15) is 5.02 Å². The van der Waals surface area contributed by atoms with Crippen LogP contribution in [0.1, 0.15) is 13.3 Å². The van der Waals surface area contributed by atoms with Gasteiger partial charge in [0, 0.05) is 19.5 Å². The van der Waals surface area contributed by atoms with Crippen molar-refractivity contribution in [3.05, 3.63) is 21.6 Å². The molecule has 2 rings (SSSR count). The standard InChI is InChI=1S/C10H13ClN4O2/c1-2-15-10(17)9(11)7(5-13-15)14-6-3-8(16)12-4-6/h5-6,14H,2-4H2,1H3,(H,12,16). The van der Waals surface area contributed by atoms with Crippen LogP contribution in [0.4, 0.5) is 5.69 Å². The minimum absolute atomic E-state index is 0.00604. The minimum atomic E-state index is -0.323. The summed E-state index contributed by atoms with van der Waals surface area (Å²) >= 11 is 5.95. The van der Waals surface area contributed by atoms with E-state index in [1.165, 1.54) is 10.9 Å². The summed E-state index contributed by atoms with van der Waals surface area (Å²) < 4.78 is 1.28. The van der Waals surface area contributed by atoms with Gasteiger partial charge in [-0.15, -0.1) is 0 Å². The molecule has 2 heterocycles. The number of carbonyl (C=O) groups excluding carboxylic acids is 1. The second-order valence-corrected chi connectivity index (χ2v) is 4.22. The Morgan fingerprint density at radius 1 is 1.65 bits per heavy atom. The van der Waals surface area contributed by atoms with Gasteiger partial charge in [-0.3, -0.25) is 9.59 Å². The van der Waals surface area contributed by atoms with Crippen LogP contribution < -0.4 is 16.2 Å². The van der Waals surface area contributed by atoms with Crippen LogP contribution in [0.2, 0.25) is 5.02 Å². The fourth-order valence-electron chi connectivity index (χ4n) is 1.72. The molecule has 0 spiro atoms. The van der Waals surface area contributed by atoms with Gasteiger partial charge >= 0.3 is 0 Å². The lowest BCUT2D eigenvalue weighted by Crippen LogP contribution is -2.27. The molecule has 0 aromatic carbocycles. The maximum Gasteiger partial charge on any atom is 0.287 e. The van der Waals surface area contributed by atoms with Gasteiger partial charge in [-0.05, 0) is 6.92 Å². The Hall–Kier alpha value is -1.56. The van der Waals surface area contributed by atoms with Crippen molar-refractivity contribution in [2.45, 2.75) is 25.9 Å². The van der Waals surface area contributed by atoms with Crippen molar-refractivity contribution < 1.29 is 4.79 Å². The molecule has 17 heavy (non-hydrogen) atoms. The molecule has 1 fully saturated rings. The molecule has 0 saturated carbocycles. The van der Waals surface area contributed by atoms with Crippen molar-refractivity contribution in [3.63, 3.8) is 0 Å². The molecule has 0 aliphatic carbocycles. The number of hydrogen-bond donors (Lipinski definition) is 2. The molecule has 1 aromatic rings. The van der Waals surface area contributed by atoms with Gasteiger partial charge in [-0.1, -0.05) is 11.6 Å². The molecule has 6 nitrogen and oxygen atoms in total. The average molecular weight is 257 g/mol. The first-order valence-electron chi connectivity index (χ1n) is 5.40. The van der Waals surface area contributed by atoms with Gasteiger partial charge in [0.2, 0.25) is 5.91 Å². The summed E-state index contributed by atoms with van der Waals surface area (Å²) in [4.78, 5) is 22.7. The van der Waals surface area contributed by atoms with Gasteiger partial charge in [0.05, 0.1) is 17.9 Å². The summed E-state index contributed by atoms with van der Waals surface area (Å²) in [5.41, 5.74) is 0.152. The van der Waals surface area contributed by atoms with E-state index in [0.717, 1.165) is 0 Å². The molecule has 2 N–H and O–H groups in total. The number of hydrogen-bond acceptors (Lipinski definition) is 4. The number of nitrogens with zero attached hydrogens (tertiary/aromatic N) is 2. The molecular weight excluding hydrogens is 244 g/mol. The molecule has 1 aliphatic heterocycles. The quantitative estimate of drug-likeness (QED) is 0.811. The van der Waals surface area contributed by atoms with E-state index in [0.29, 0.717) is 25.2 Å². The molecule has 1 aromatic heterocycles. The fraction of sp³-hybridized carbons (Fsp3) is 0.500. The third kappa shape index (κ3) is 2.41. The Balaban J connectivity index is 2.19. The number of amides is 1. The van der Waals surface area contributed by atoms with Crippen LogP contribution in [0.25, 0.3) is 0 Å². The molecule has 1 atom stereocenters. The van der Waals surface area contributed by atoms with Crippen LogP contribution in [0.5, 0.6) is 0 Å². The first-order valence-corrected chi connectivity index (χ1v) is 5.78. The van der Waals surface area contributed by atoms with Crippen LogP contribution in [-0.4, -0.2) is 28.3 Å². The Kier molecular flexibility index (Phi) is 3.33. The lowest BCUT2D eigenvalue weighted by molar-refractivity contribution is -0.119. The first kappa shape index (κ1) is 11.9. The molecule has 7 heteroatoms. The van der Waals surface area contributed by atoms with Crippen molar-refractivity contribution >= 4 is 23.2 Å². The first-order chi connectivity index (χ1) is 8.11. The summed E-state index contributed by atoms with van der Waals surface area (Å²) in [5.74, 6) is -0.00604. The number of anilines is 1. The summed E-state index contributed by atoms with van der Waals surface area (Å²) in [6, 6.07) is -0.0429. The number of carbonyl (C=O) groups is 1. The van der Waals surface area contributed by atoms with Crippen molar-refractivity contribution in [1.82, 2.24) is 15.1 Å². The topological polar surface area (TPSA) is 76.0 Å². The smallest absolute Gasteiger partial charge is 0.287 e. The van der Waals surface area contributed by atoms with E-state index < -0.39 is 0 Å². The van der Waals surface area contributed by atoms with Crippen LogP contribution in [-0.2, 0) is 11.3 Å². The molecule has 1 amide bonds. The van der Waals surface area contributed by atoms with E-state index >= 15 is 0 Å². The van der Waals surface area contributed by atoms with Gasteiger partial charge in [-0.25, -0.2) is 4.68 Å². The molecule has 1 saturated heterocycles. The SMILES string of the molecule is CCn1ncc(NC2CNC(=O)C2)c(Cl)c1=O. The van der Waals surface area contributed by atoms with E-state index in [1.54, 1.807) is 0 Å². The van der Waals surface area contributed by atoms with E-state index in [4.69, 9.17) is 11.6 Å². The van der Waals surface area contributed by atoms with Gasteiger partial charge in [-0.2, -0.15) is 5.10 Å². The zero-order chi connectivity index (χ0) is 12.4. The van der Waals surface area contributed by atoms with E-state index in [1.807, 2.05) is 6.92 Å². The van der Waals surface area contributed by atoms with E-state index in [-0.39, 0.29) is 22.5 Å². The minimum Gasteiger partial charge on any atom is -0.377 e.